The molecule has 2 heterocycles. The van der Waals surface area contributed by atoms with Gasteiger partial charge in [0.05, 0.1) is 12.6 Å². The SMILES string of the molecule is CN=C(NCc1ncc(C)s1)NCC(c1c(F)cccc1Cl)N1CCCC1. The van der Waals surface area contributed by atoms with Crippen molar-refractivity contribution in [2.75, 3.05) is 26.7 Å². The van der Waals surface area contributed by atoms with E-state index in [-0.39, 0.29) is 11.9 Å². The molecule has 146 valence electrons. The Morgan fingerprint density at radius 2 is 2.15 bits per heavy atom. The molecule has 0 saturated carbocycles. The maximum absolute atomic E-state index is 14.5. The fraction of sp³-hybridized carbons (Fsp3) is 0.474. The van der Waals surface area contributed by atoms with Gasteiger partial charge in [-0.3, -0.25) is 9.89 Å². The lowest BCUT2D eigenvalue weighted by atomic mass is 10.0. The van der Waals surface area contributed by atoms with Gasteiger partial charge in [-0.15, -0.1) is 11.3 Å². The molecule has 0 spiro atoms. The van der Waals surface area contributed by atoms with Gasteiger partial charge >= 0.3 is 0 Å². The molecule has 0 bridgehead atoms. The van der Waals surface area contributed by atoms with Crippen LogP contribution in [0, 0.1) is 12.7 Å². The van der Waals surface area contributed by atoms with Gasteiger partial charge in [-0.1, -0.05) is 17.7 Å². The van der Waals surface area contributed by atoms with Gasteiger partial charge in [0.25, 0.3) is 0 Å². The van der Waals surface area contributed by atoms with Crippen LogP contribution in [0.2, 0.25) is 5.02 Å². The van der Waals surface area contributed by atoms with E-state index in [0.29, 0.717) is 29.6 Å². The number of nitrogens with one attached hydrogen (secondary N) is 2. The molecule has 27 heavy (non-hydrogen) atoms. The van der Waals surface area contributed by atoms with Crippen molar-refractivity contribution < 1.29 is 4.39 Å². The lowest BCUT2D eigenvalue weighted by Gasteiger charge is -2.29. The first-order chi connectivity index (χ1) is 13.1. The molecule has 1 saturated heterocycles. The third kappa shape index (κ3) is 5.18. The zero-order valence-corrected chi connectivity index (χ0v) is 17.2. The highest BCUT2D eigenvalue weighted by molar-refractivity contribution is 7.11. The molecule has 1 unspecified atom stereocenters. The maximum atomic E-state index is 14.5. The molecule has 8 heteroatoms. The fourth-order valence-corrected chi connectivity index (χ4v) is 4.37. The third-order valence-electron chi connectivity index (χ3n) is 4.68. The number of rotatable bonds is 6. The first-order valence-corrected chi connectivity index (χ1v) is 10.3. The quantitative estimate of drug-likeness (QED) is 0.563. The van der Waals surface area contributed by atoms with Crippen LogP contribution in [-0.4, -0.2) is 42.5 Å². The normalized spacial score (nSPS) is 16.5. The van der Waals surface area contributed by atoms with E-state index >= 15 is 0 Å². The number of thiazole rings is 1. The van der Waals surface area contributed by atoms with Crippen LogP contribution in [0.3, 0.4) is 0 Å². The van der Waals surface area contributed by atoms with E-state index in [4.69, 9.17) is 11.6 Å². The number of aromatic nitrogens is 1. The maximum Gasteiger partial charge on any atom is 0.191 e. The number of halogens is 2. The van der Waals surface area contributed by atoms with Gasteiger partial charge in [-0.05, 0) is 45.0 Å². The van der Waals surface area contributed by atoms with E-state index in [9.17, 15) is 4.39 Å². The molecule has 1 aromatic heterocycles. The molecule has 1 atom stereocenters. The monoisotopic (exact) mass is 409 g/mol. The zero-order valence-electron chi connectivity index (χ0n) is 15.6. The summed E-state index contributed by atoms with van der Waals surface area (Å²) in [4.78, 5) is 12.1. The number of benzene rings is 1. The van der Waals surface area contributed by atoms with Gasteiger partial charge in [-0.25, -0.2) is 9.37 Å². The van der Waals surface area contributed by atoms with Crippen molar-refractivity contribution in [3.8, 4) is 0 Å². The van der Waals surface area contributed by atoms with Crippen molar-refractivity contribution in [1.82, 2.24) is 20.5 Å². The summed E-state index contributed by atoms with van der Waals surface area (Å²) in [5, 5.41) is 8.06. The Balaban J connectivity index is 1.68. The van der Waals surface area contributed by atoms with Gasteiger partial charge in [0.15, 0.2) is 5.96 Å². The molecule has 0 aliphatic carbocycles. The summed E-state index contributed by atoms with van der Waals surface area (Å²) in [7, 11) is 1.73. The fourth-order valence-electron chi connectivity index (χ4n) is 3.35. The summed E-state index contributed by atoms with van der Waals surface area (Å²) >= 11 is 8.00. The van der Waals surface area contributed by atoms with Crippen LogP contribution >= 0.6 is 22.9 Å². The van der Waals surface area contributed by atoms with Gasteiger partial charge in [0, 0.05) is 35.3 Å². The molecular weight excluding hydrogens is 385 g/mol. The topological polar surface area (TPSA) is 52.6 Å². The standard InChI is InChI=1S/C19H25ClFN5S/c1-13-10-23-17(27-13)12-25-19(22-2)24-11-16(26-8-3-4-9-26)18-14(20)6-5-7-15(18)21/h5-7,10,16H,3-4,8-9,11-12H2,1-2H3,(H2,22,24,25). The summed E-state index contributed by atoms with van der Waals surface area (Å²) < 4.78 is 14.5. The molecule has 2 N–H and O–H groups in total. The number of nitrogens with zero attached hydrogens (tertiary/aromatic N) is 3. The average Bonchev–Trinajstić information content (AvgIpc) is 3.31. The highest BCUT2D eigenvalue weighted by Gasteiger charge is 2.27. The molecule has 0 amide bonds. The first kappa shape index (κ1) is 20.0. The largest absolute Gasteiger partial charge is 0.354 e. The molecule has 1 aliphatic rings. The van der Waals surface area contributed by atoms with E-state index < -0.39 is 0 Å². The number of hydrogen-bond acceptors (Lipinski definition) is 4. The number of aryl methyl sites for hydroxylation is 1. The van der Waals surface area contributed by atoms with Crippen LogP contribution < -0.4 is 10.6 Å². The second-order valence-corrected chi connectivity index (χ2v) is 8.29. The Labute approximate surface area is 168 Å². The van der Waals surface area contributed by atoms with Crippen LogP contribution in [0.15, 0.2) is 29.4 Å². The van der Waals surface area contributed by atoms with E-state index in [0.717, 1.165) is 30.9 Å². The number of guanidine groups is 1. The van der Waals surface area contributed by atoms with Gasteiger partial charge in [-0.2, -0.15) is 0 Å². The Morgan fingerprint density at radius 1 is 1.37 bits per heavy atom. The van der Waals surface area contributed by atoms with Crippen molar-refractivity contribution in [2.45, 2.75) is 32.4 Å². The molecule has 5 nitrogen and oxygen atoms in total. The van der Waals surface area contributed by atoms with Gasteiger partial charge in [0.2, 0.25) is 0 Å². The minimum atomic E-state index is -0.262. The lowest BCUT2D eigenvalue weighted by Crippen LogP contribution is -2.42. The van der Waals surface area contributed by atoms with Gasteiger partial charge < -0.3 is 10.6 Å². The van der Waals surface area contributed by atoms with Gasteiger partial charge in [0.1, 0.15) is 10.8 Å². The van der Waals surface area contributed by atoms with Crippen molar-refractivity contribution in [3.63, 3.8) is 0 Å². The lowest BCUT2D eigenvalue weighted by molar-refractivity contribution is 0.240. The Kier molecular flexibility index (Phi) is 7.04. The van der Waals surface area contributed by atoms with Crippen molar-refractivity contribution in [1.29, 1.82) is 0 Å². The van der Waals surface area contributed by atoms with Crippen molar-refractivity contribution in [3.05, 3.63) is 50.7 Å². The van der Waals surface area contributed by atoms with Crippen LogP contribution in [-0.2, 0) is 6.54 Å². The second kappa shape index (κ2) is 9.48. The van der Waals surface area contributed by atoms with Crippen LogP contribution in [0.4, 0.5) is 4.39 Å². The molecule has 2 aromatic rings. The van der Waals surface area contributed by atoms with Crippen molar-refractivity contribution in [2.24, 2.45) is 4.99 Å². The van der Waals surface area contributed by atoms with E-state index in [2.05, 4.69) is 25.5 Å². The van der Waals surface area contributed by atoms with Crippen LogP contribution in [0.5, 0.6) is 0 Å². The minimum Gasteiger partial charge on any atom is -0.354 e. The average molecular weight is 410 g/mol. The first-order valence-electron chi connectivity index (χ1n) is 9.12. The molecule has 1 aliphatic heterocycles. The molecule has 1 fully saturated rings. The highest BCUT2D eigenvalue weighted by Crippen LogP contribution is 2.31. The summed E-state index contributed by atoms with van der Waals surface area (Å²) in [5.41, 5.74) is 0.555. The second-order valence-electron chi connectivity index (χ2n) is 6.57. The van der Waals surface area contributed by atoms with Crippen LogP contribution in [0.25, 0.3) is 0 Å². The van der Waals surface area contributed by atoms with Crippen LogP contribution in [0.1, 0.15) is 34.3 Å². The predicted octanol–water partition coefficient (Wildman–Crippen LogP) is 3.75. The van der Waals surface area contributed by atoms with E-state index in [1.165, 1.54) is 10.9 Å². The molecular formula is C19H25ClFN5S. The minimum absolute atomic E-state index is 0.137. The summed E-state index contributed by atoms with van der Waals surface area (Å²) in [6, 6.07) is 4.73. The smallest absolute Gasteiger partial charge is 0.191 e. The number of aliphatic imine (C=N–C) groups is 1. The van der Waals surface area contributed by atoms with Crippen molar-refractivity contribution >= 4 is 28.9 Å². The summed E-state index contributed by atoms with van der Waals surface area (Å²) in [6.45, 7) is 5.06. The molecule has 1 aromatic carbocycles. The Morgan fingerprint density at radius 3 is 2.78 bits per heavy atom. The number of likely N-dealkylation sites (tertiary alicyclic amines) is 1. The number of hydrogen-bond donors (Lipinski definition) is 2. The Bertz CT molecular complexity index is 768. The highest BCUT2D eigenvalue weighted by atomic mass is 35.5. The Hall–Kier alpha value is -1.70. The molecule has 0 radical (unpaired) electrons. The third-order valence-corrected chi connectivity index (χ3v) is 5.92. The van der Waals surface area contributed by atoms with E-state index in [1.807, 2.05) is 13.1 Å². The predicted molar refractivity (Wildman–Crippen MR) is 110 cm³/mol. The summed E-state index contributed by atoms with van der Waals surface area (Å²) in [6.07, 6.45) is 4.11. The van der Waals surface area contributed by atoms with E-state index in [1.54, 1.807) is 30.5 Å². The molecule has 3 rings (SSSR count). The zero-order chi connectivity index (χ0) is 19.2. The summed E-state index contributed by atoms with van der Waals surface area (Å²) in [5.74, 6) is 0.405.